The summed E-state index contributed by atoms with van der Waals surface area (Å²) in [7, 11) is 0. The molecule has 1 heterocycles. The molecule has 2 N–H and O–H groups in total. The fourth-order valence-corrected chi connectivity index (χ4v) is 2.59. The van der Waals surface area contributed by atoms with Crippen molar-refractivity contribution in [3.05, 3.63) is 29.3 Å². The summed E-state index contributed by atoms with van der Waals surface area (Å²) in [5, 5.41) is 11.6. The first-order valence-electron chi connectivity index (χ1n) is 7.52. The van der Waals surface area contributed by atoms with E-state index in [-0.39, 0.29) is 6.61 Å². The van der Waals surface area contributed by atoms with Crippen LogP contribution in [0.5, 0.6) is 0 Å². The number of piperazine rings is 1. The first-order chi connectivity index (χ1) is 10.5. The molecule has 0 atom stereocenters. The minimum absolute atomic E-state index is 0.112. The van der Waals surface area contributed by atoms with E-state index in [0.29, 0.717) is 38.4 Å². The topological polar surface area (TPSA) is 72.9 Å². The van der Waals surface area contributed by atoms with Crippen molar-refractivity contribution in [1.29, 1.82) is 0 Å². The molecule has 0 aliphatic carbocycles. The van der Waals surface area contributed by atoms with Gasteiger partial charge in [-0.25, -0.2) is 0 Å². The Morgan fingerprint density at radius 1 is 1.18 bits per heavy atom. The molecule has 0 saturated carbocycles. The lowest BCUT2D eigenvalue weighted by atomic mass is 10.1. The van der Waals surface area contributed by atoms with Crippen LogP contribution in [0, 0.1) is 13.8 Å². The van der Waals surface area contributed by atoms with Crippen molar-refractivity contribution in [3.63, 3.8) is 0 Å². The molecular weight excluding hydrogens is 282 g/mol. The molecule has 1 fully saturated rings. The van der Waals surface area contributed by atoms with Crippen LogP contribution in [-0.4, -0.2) is 66.1 Å². The normalized spacial score (nSPS) is 15.7. The molecule has 120 valence electrons. The van der Waals surface area contributed by atoms with Gasteiger partial charge in [0.25, 0.3) is 0 Å². The summed E-state index contributed by atoms with van der Waals surface area (Å²) >= 11 is 0. The molecule has 0 bridgehead atoms. The molecule has 6 heteroatoms. The Hall–Kier alpha value is -1.92. The van der Waals surface area contributed by atoms with E-state index >= 15 is 0 Å². The Labute approximate surface area is 130 Å². The third-order valence-electron chi connectivity index (χ3n) is 3.90. The second kappa shape index (κ2) is 7.38. The Bertz CT molecular complexity index is 552. The first-order valence-corrected chi connectivity index (χ1v) is 7.52. The zero-order chi connectivity index (χ0) is 16.1. The smallest absolute Gasteiger partial charge is 0.313 e. The SMILES string of the molecule is Cc1ccc(NC(=O)C(=O)N2CCN(CCO)CC2)c(C)c1. The molecule has 2 rings (SSSR count). The lowest BCUT2D eigenvalue weighted by molar-refractivity contribution is -0.144. The molecule has 0 spiro atoms. The average Bonchev–Trinajstić information content (AvgIpc) is 2.50. The van der Waals surface area contributed by atoms with E-state index in [1.807, 2.05) is 32.0 Å². The number of aliphatic hydroxyl groups excluding tert-OH is 1. The van der Waals surface area contributed by atoms with Crippen LogP contribution >= 0.6 is 0 Å². The van der Waals surface area contributed by atoms with Crippen LogP contribution in [0.1, 0.15) is 11.1 Å². The van der Waals surface area contributed by atoms with Crippen molar-refractivity contribution < 1.29 is 14.7 Å². The minimum atomic E-state index is -0.595. The fourth-order valence-electron chi connectivity index (χ4n) is 2.59. The molecule has 2 amide bonds. The number of benzene rings is 1. The Kier molecular flexibility index (Phi) is 5.51. The maximum absolute atomic E-state index is 12.2. The highest BCUT2D eigenvalue weighted by Crippen LogP contribution is 2.16. The molecule has 1 aromatic rings. The summed E-state index contributed by atoms with van der Waals surface area (Å²) in [6.07, 6.45) is 0. The van der Waals surface area contributed by atoms with E-state index < -0.39 is 11.8 Å². The number of aliphatic hydroxyl groups is 1. The number of carbonyl (C=O) groups excluding carboxylic acids is 2. The van der Waals surface area contributed by atoms with Gasteiger partial charge in [-0.1, -0.05) is 17.7 Å². The summed E-state index contributed by atoms with van der Waals surface area (Å²) < 4.78 is 0. The van der Waals surface area contributed by atoms with Gasteiger partial charge < -0.3 is 15.3 Å². The van der Waals surface area contributed by atoms with Crippen LogP contribution in [-0.2, 0) is 9.59 Å². The Morgan fingerprint density at radius 2 is 1.86 bits per heavy atom. The predicted octanol–water partition coefficient (Wildman–Crippen LogP) is 0.378. The van der Waals surface area contributed by atoms with Crippen molar-refractivity contribution in [2.75, 3.05) is 44.6 Å². The van der Waals surface area contributed by atoms with Gasteiger partial charge in [0.15, 0.2) is 0 Å². The van der Waals surface area contributed by atoms with E-state index in [4.69, 9.17) is 5.11 Å². The largest absolute Gasteiger partial charge is 0.395 e. The molecule has 0 radical (unpaired) electrons. The summed E-state index contributed by atoms with van der Waals surface area (Å²) in [5.74, 6) is -1.09. The number of aryl methyl sites for hydroxylation is 2. The summed E-state index contributed by atoms with van der Waals surface area (Å²) in [6, 6.07) is 5.68. The lowest BCUT2D eigenvalue weighted by Crippen LogP contribution is -2.52. The standard InChI is InChI=1S/C16H23N3O3/c1-12-3-4-14(13(2)11-12)17-15(21)16(22)19-7-5-18(6-8-19)9-10-20/h3-4,11,20H,5-10H2,1-2H3,(H,17,21). The number of amides is 2. The number of nitrogens with one attached hydrogen (secondary N) is 1. The molecule has 1 aliphatic rings. The van der Waals surface area contributed by atoms with Crippen LogP contribution in [0.4, 0.5) is 5.69 Å². The summed E-state index contributed by atoms with van der Waals surface area (Å²) in [5.41, 5.74) is 2.72. The molecule has 6 nitrogen and oxygen atoms in total. The van der Waals surface area contributed by atoms with Crippen molar-refractivity contribution in [2.45, 2.75) is 13.8 Å². The number of rotatable bonds is 3. The van der Waals surface area contributed by atoms with Gasteiger partial charge in [-0.3, -0.25) is 14.5 Å². The molecular formula is C16H23N3O3. The van der Waals surface area contributed by atoms with Gasteiger partial charge >= 0.3 is 11.8 Å². The number of anilines is 1. The van der Waals surface area contributed by atoms with Crippen molar-refractivity contribution in [2.24, 2.45) is 0 Å². The van der Waals surface area contributed by atoms with Crippen LogP contribution in [0.2, 0.25) is 0 Å². The number of hydrogen-bond donors (Lipinski definition) is 2. The van der Waals surface area contributed by atoms with Gasteiger partial charge in [0.2, 0.25) is 0 Å². The van der Waals surface area contributed by atoms with E-state index in [0.717, 1.165) is 11.1 Å². The monoisotopic (exact) mass is 305 g/mol. The number of hydrogen-bond acceptors (Lipinski definition) is 4. The average molecular weight is 305 g/mol. The fraction of sp³-hybridized carbons (Fsp3) is 0.500. The van der Waals surface area contributed by atoms with E-state index in [2.05, 4.69) is 10.2 Å². The number of β-amino-alcohol motifs (C(OH)–C–C–N with tert-alkyl or cyclic N) is 1. The minimum Gasteiger partial charge on any atom is -0.395 e. The van der Waals surface area contributed by atoms with Gasteiger partial charge in [-0.2, -0.15) is 0 Å². The zero-order valence-corrected chi connectivity index (χ0v) is 13.1. The maximum Gasteiger partial charge on any atom is 0.313 e. The molecule has 0 aromatic heterocycles. The molecule has 0 unspecified atom stereocenters. The number of carbonyl (C=O) groups is 2. The summed E-state index contributed by atoms with van der Waals surface area (Å²) in [4.78, 5) is 27.9. The quantitative estimate of drug-likeness (QED) is 0.792. The number of nitrogens with zero attached hydrogens (tertiary/aromatic N) is 2. The molecule has 22 heavy (non-hydrogen) atoms. The van der Waals surface area contributed by atoms with Gasteiger partial charge in [-0.15, -0.1) is 0 Å². The highest BCUT2D eigenvalue weighted by Gasteiger charge is 2.26. The van der Waals surface area contributed by atoms with Crippen molar-refractivity contribution in [1.82, 2.24) is 9.80 Å². The van der Waals surface area contributed by atoms with E-state index in [1.165, 1.54) is 0 Å². The molecule has 1 aromatic carbocycles. The van der Waals surface area contributed by atoms with Crippen LogP contribution in [0.3, 0.4) is 0 Å². The zero-order valence-electron chi connectivity index (χ0n) is 13.1. The van der Waals surface area contributed by atoms with Crippen LogP contribution in [0.15, 0.2) is 18.2 Å². The highest BCUT2D eigenvalue weighted by molar-refractivity contribution is 6.39. The van der Waals surface area contributed by atoms with E-state index in [9.17, 15) is 9.59 Å². The highest BCUT2D eigenvalue weighted by atomic mass is 16.3. The maximum atomic E-state index is 12.2. The van der Waals surface area contributed by atoms with Gasteiger partial charge in [0, 0.05) is 38.4 Å². The van der Waals surface area contributed by atoms with E-state index in [1.54, 1.807) is 4.90 Å². The first kappa shape index (κ1) is 16.5. The molecule has 1 aliphatic heterocycles. The lowest BCUT2D eigenvalue weighted by Gasteiger charge is -2.33. The van der Waals surface area contributed by atoms with Crippen molar-refractivity contribution >= 4 is 17.5 Å². The Morgan fingerprint density at radius 3 is 2.45 bits per heavy atom. The van der Waals surface area contributed by atoms with Gasteiger partial charge in [0.1, 0.15) is 0 Å². The van der Waals surface area contributed by atoms with Gasteiger partial charge in [0.05, 0.1) is 6.61 Å². The Balaban J connectivity index is 1.91. The van der Waals surface area contributed by atoms with Gasteiger partial charge in [-0.05, 0) is 25.5 Å². The van der Waals surface area contributed by atoms with Crippen molar-refractivity contribution in [3.8, 4) is 0 Å². The van der Waals surface area contributed by atoms with Crippen LogP contribution < -0.4 is 5.32 Å². The molecule has 1 saturated heterocycles. The second-order valence-corrected chi connectivity index (χ2v) is 5.63. The predicted molar refractivity (Wildman–Crippen MR) is 84.7 cm³/mol. The van der Waals surface area contributed by atoms with Crippen LogP contribution in [0.25, 0.3) is 0 Å². The third-order valence-corrected chi connectivity index (χ3v) is 3.90. The summed E-state index contributed by atoms with van der Waals surface area (Å²) in [6.45, 7) is 7.00. The second-order valence-electron chi connectivity index (χ2n) is 5.63. The third kappa shape index (κ3) is 4.05.